The van der Waals surface area contributed by atoms with Gasteiger partial charge in [-0.15, -0.1) is 0 Å². The number of nitrogens with one attached hydrogen (secondary N) is 1. The Morgan fingerprint density at radius 3 is 2.67 bits per heavy atom. The fourth-order valence-electron chi connectivity index (χ4n) is 2.49. The Bertz CT molecular complexity index is 733. The van der Waals surface area contributed by atoms with Gasteiger partial charge in [0.25, 0.3) is 5.91 Å². The minimum atomic E-state index is -0.623. The summed E-state index contributed by atoms with van der Waals surface area (Å²) in [5.41, 5.74) is 0.746. The van der Waals surface area contributed by atoms with Gasteiger partial charge in [0.1, 0.15) is 11.5 Å². The van der Waals surface area contributed by atoms with Gasteiger partial charge in [-0.05, 0) is 24.3 Å². The topological polar surface area (TPSA) is 67.9 Å². The van der Waals surface area contributed by atoms with Crippen molar-refractivity contribution < 1.29 is 19.1 Å². The van der Waals surface area contributed by atoms with Gasteiger partial charge in [0.15, 0.2) is 6.10 Å². The quantitative estimate of drug-likeness (QED) is 0.938. The first-order valence-electron chi connectivity index (χ1n) is 7.69. The number of nitrogens with zero attached hydrogens (tertiary/aromatic N) is 1. The normalized spacial score (nSPS) is 16.1. The van der Waals surface area contributed by atoms with E-state index in [1.165, 1.54) is 0 Å². The van der Waals surface area contributed by atoms with Crippen LogP contribution in [0.1, 0.15) is 6.42 Å². The zero-order valence-electron chi connectivity index (χ0n) is 13.3. The van der Waals surface area contributed by atoms with E-state index in [-0.39, 0.29) is 12.5 Å². The lowest BCUT2D eigenvalue weighted by atomic mass is 10.1. The number of anilines is 1. The molecule has 1 N–H and O–H groups in total. The first kappa shape index (κ1) is 15.9. The highest BCUT2D eigenvalue weighted by Crippen LogP contribution is 2.33. The van der Waals surface area contributed by atoms with Crippen molar-refractivity contribution >= 4 is 17.7 Å². The second-order valence-electron chi connectivity index (χ2n) is 5.39. The molecule has 1 aliphatic rings. The molecule has 0 fully saturated rings. The molecular weight excluding hydrogens is 308 g/mol. The van der Waals surface area contributed by atoms with Crippen molar-refractivity contribution in [3.05, 3.63) is 54.6 Å². The molecule has 3 rings (SSSR count). The predicted octanol–water partition coefficient (Wildman–Crippen LogP) is 2.59. The summed E-state index contributed by atoms with van der Waals surface area (Å²) in [6.45, 7) is 0.276. The van der Waals surface area contributed by atoms with E-state index in [2.05, 4.69) is 5.32 Å². The molecule has 0 saturated heterocycles. The van der Waals surface area contributed by atoms with Crippen LogP contribution in [0.15, 0.2) is 54.6 Å². The van der Waals surface area contributed by atoms with Crippen molar-refractivity contribution in [1.29, 1.82) is 0 Å². The molecular formula is C18H18N2O4. The van der Waals surface area contributed by atoms with Gasteiger partial charge in [0.2, 0.25) is 0 Å². The number of carbonyl (C=O) groups excluding carboxylic acids is 2. The average Bonchev–Trinajstić information content (AvgIpc) is 2.60. The molecule has 6 heteroatoms. The van der Waals surface area contributed by atoms with Gasteiger partial charge in [-0.25, -0.2) is 4.79 Å². The molecule has 2 amide bonds. The van der Waals surface area contributed by atoms with Crippen LogP contribution in [0, 0.1) is 0 Å². The Balaban J connectivity index is 1.52. The Labute approximate surface area is 140 Å². The number of hydrogen-bond acceptors (Lipinski definition) is 4. The summed E-state index contributed by atoms with van der Waals surface area (Å²) in [5.74, 6) is 0.997. The number of benzene rings is 2. The summed E-state index contributed by atoms with van der Waals surface area (Å²) >= 11 is 0. The van der Waals surface area contributed by atoms with Crippen molar-refractivity contribution in [3.63, 3.8) is 0 Å². The monoisotopic (exact) mass is 326 g/mol. The molecule has 0 saturated carbocycles. The minimum absolute atomic E-state index is 0.132. The third-order valence-electron chi connectivity index (χ3n) is 3.73. The highest BCUT2D eigenvalue weighted by molar-refractivity contribution is 5.99. The standard InChI is InChI=1S/C18H18N2O4/c1-20-14-9-5-6-10-15(14)24-16(17(20)21)11-12-19-18(22)23-13-7-3-2-4-8-13/h2-10,16H,11-12H2,1H3,(H,19,22). The summed E-state index contributed by atoms with van der Waals surface area (Å²) in [5, 5.41) is 2.63. The Hall–Kier alpha value is -3.02. The van der Waals surface area contributed by atoms with Crippen LogP contribution in [0.3, 0.4) is 0 Å². The molecule has 2 aromatic carbocycles. The van der Waals surface area contributed by atoms with Crippen LogP contribution < -0.4 is 19.7 Å². The molecule has 24 heavy (non-hydrogen) atoms. The Morgan fingerprint density at radius 2 is 1.88 bits per heavy atom. The molecule has 6 nitrogen and oxygen atoms in total. The van der Waals surface area contributed by atoms with Crippen molar-refractivity contribution in [3.8, 4) is 11.5 Å². The summed E-state index contributed by atoms with van der Waals surface area (Å²) in [6.07, 6.45) is -0.818. The highest BCUT2D eigenvalue weighted by Gasteiger charge is 2.31. The molecule has 2 aromatic rings. The van der Waals surface area contributed by atoms with Crippen LogP contribution in [0.2, 0.25) is 0 Å². The lowest BCUT2D eigenvalue weighted by Crippen LogP contribution is -2.45. The van der Waals surface area contributed by atoms with Crippen LogP contribution in [0.5, 0.6) is 11.5 Å². The van der Waals surface area contributed by atoms with E-state index in [0.717, 1.165) is 5.69 Å². The fraction of sp³-hybridized carbons (Fsp3) is 0.222. The van der Waals surface area contributed by atoms with Gasteiger partial charge in [-0.2, -0.15) is 0 Å². The van der Waals surface area contributed by atoms with E-state index in [1.54, 1.807) is 36.2 Å². The second-order valence-corrected chi connectivity index (χ2v) is 5.39. The van der Waals surface area contributed by atoms with Gasteiger partial charge in [0.05, 0.1) is 5.69 Å². The number of carbonyl (C=O) groups is 2. The first-order valence-corrected chi connectivity index (χ1v) is 7.69. The second kappa shape index (κ2) is 7.04. The molecule has 1 unspecified atom stereocenters. The number of likely N-dealkylation sites (N-methyl/N-ethyl adjacent to an activating group) is 1. The van der Waals surface area contributed by atoms with Crippen LogP contribution in [0.4, 0.5) is 10.5 Å². The fourth-order valence-corrected chi connectivity index (χ4v) is 2.49. The van der Waals surface area contributed by atoms with Gasteiger partial charge >= 0.3 is 6.09 Å². The number of amides is 2. The zero-order chi connectivity index (χ0) is 16.9. The predicted molar refractivity (Wildman–Crippen MR) is 89.4 cm³/mol. The maximum absolute atomic E-state index is 12.3. The lowest BCUT2D eigenvalue weighted by molar-refractivity contribution is -0.126. The highest BCUT2D eigenvalue weighted by atomic mass is 16.6. The third kappa shape index (κ3) is 3.48. The SMILES string of the molecule is CN1C(=O)C(CCNC(=O)Oc2ccccc2)Oc2ccccc21. The van der Waals surface area contributed by atoms with Crippen LogP contribution in [-0.4, -0.2) is 31.7 Å². The summed E-state index contributed by atoms with van der Waals surface area (Å²) in [6, 6.07) is 16.2. The maximum atomic E-state index is 12.3. The number of para-hydroxylation sites is 3. The molecule has 1 heterocycles. The van der Waals surface area contributed by atoms with Crippen LogP contribution in [-0.2, 0) is 4.79 Å². The van der Waals surface area contributed by atoms with Crippen LogP contribution >= 0.6 is 0 Å². The minimum Gasteiger partial charge on any atom is -0.478 e. The number of rotatable bonds is 4. The van der Waals surface area contributed by atoms with E-state index >= 15 is 0 Å². The van der Waals surface area contributed by atoms with Crippen molar-refractivity contribution in [2.24, 2.45) is 0 Å². The molecule has 0 radical (unpaired) electrons. The Kier molecular flexibility index (Phi) is 4.65. The molecule has 124 valence electrons. The van der Waals surface area contributed by atoms with Gasteiger partial charge in [-0.3, -0.25) is 4.79 Å². The molecule has 0 aromatic heterocycles. The van der Waals surface area contributed by atoms with Crippen LogP contribution in [0.25, 0.3) is 0 Å². The number of fused-ring (bicyclic) bond motifs is 1. The maximum Gasteiger partial charge on any atom is 0.412 e. The van der Waals surface area contributed by atoms with E-state index in [0.29, 0.717) is 17.9 Å². The van der Waals surface area contributed by atoms with E-state index < -0.39 is 12.2 Å². The molecule has 1 aliphatic heterocycles. The smallest absolute Gasteiger partial charge is 0.412 e. The third-order valence-corrected chi connectivity index (χ3v) is 3.73. The molecule has 0 bridgehead atoms. The summed E-state index contributed by atoms with van der Waals surface area (Å²) < 4.78 is 10.9. The van der Waals surface area contributed by atoms with E-state index in [9.17, 15) is 9.59 Å². The van der Waals surface area contributed by atoms with Gasteiger partial charge in [0, 0.05) is 20.0 Å². The van der Waals surface area contributed by atoms with Gasteiger partial charge in [-0.1, -0.05) is 30.3 Å². The van der Waals surface area contributed by atoms with Crippen molar-refractivity contribution in [2.75, 3.05) is 18.5 Å². The van der Waals surface area contributed by atoms with Crippen molar-refractivity contribution in [1.82, 2.24) is 5.32 Å². The lowest BCUT2D eigenvalue weighted by Gasteiger charge is -2.31. The number of ether oxygens (including phenoxy) is 2. The average molecular weight is 326 g/mol. The summed E-state index contributed by atoms with van der Waals surface area (Å²) in [4.78, 5) is 25.6. The molecule has 1 atom stereocenters. The Morgan fingerprint density at radius 1 is 1.17 bits per heavy atom. The largest absolute Gasteiger partial charge is 0.478 e. The van der Waals surface area contributed by atoms with Gasteiger partial charge < -0.3 is 19.7 Å². The van der Waals surface area contributed by atoms with E-state index in [4.69, 9.17) is 9.47 Å². The molecule has 0 spiro atoms. The molecule has 0 aliphatic carbocycles. The summed E-state index contributed by atoms with van der Waals surface area (Å²) in [7, 11) is 1.72. The zero-order valence-corrected chi connectivity index (χ0v) is 13.3. The number of hydrogen-bond donors (Lipinski definition) is 1. The first-order chi connectivity index (χ1) is 11.6. The van der Waals surface area contributed by atoms with Crippen molar-refractivity contribution in [2.45, 2.75) is 12.5 Å². The van der Waals surface area contributed by atoms with E-state index in [1.807, 2.05) is 30.3 Å².